The third kappa shape index (κ3) is 4.05. The molecule has 0 spiro atoms. The topological polar surface area (TPSA) is 66.9 Å². The predicted octanol–water partition coefficient (Wildman–Crippen LogP) is 4.13. The van der Waals surface area contributed by atoms with Crippen molar-refractivity contribution in [3.63, 3.8) is 0 Å². The van der Waals surface area contributed by atoms with Crippen molar-refractivity contribution >= 4 is 34.7 Å². The minimum Gasteiger partial charge on any atom is -0.339 e. The molecular formula is C17H13ClN4O. The molecular weight excluding hydrogens is 312 g/mol. The van der Waals surface area contributed by atoms with Gasteiger partial charge in [-0.2, -0.15) is 0 Å². The Balaban J connectivity index is 1.68. The molecule has 0 unspecified atom stereocenters. The number of rotatable bonds is 4. The smallest absolute Gasteiger partial charge is 0.275 e. The van der Waals surface area contributed by atoms with E-state index in [4.69, 9.17) is 11.6 Å². The van der Waals surface area contributed by atoms with Crippen LogP contribution in [0.2, 0.25) is 5.02 Å². The second kappa shape index (κ2) is 6.89. The maximum absolute atomic E-state index is 12.1. The molecule has 3 rings (SSSR count). The van der Waals surface area contributed by atoms with Gasteiger partial charge in [0.2, 0.25) is 0 Å². The minimum absolute atomic E-state index is 0.241. The molecule has 5 nitrogen and oxygen atoms in total. The monoisotopic (exact) mass is 324 g/mol. The third-order valence-electron chi connectivity index (χ3n) is 3.01. The number of carbonyl (C=O) groups is 1. The lowest BCUT2D eigenvalue weighted by Gasteiger charge is -2.07. The number of nitrogens with zero attached hydrogens (tertiary/aromatic N) is 2. The number of carbonyl (C=O) groups excluding carboxylic acids is 1. The normalized spacial score (nSPS) is 10.1. The number of aromatic nitrogens is 2. The van der Waals surface area contributed by atoms with E-state index in [2.05, 4.69) is 20.6 Å². The summed E-state index contributed by atoms with van der Waals surface area (Å²) in [5, 5.41) is 6.45. The number of amides is 1. The minimum atomic E-state index is -0.307. The van der Waals surface area contributed by atoms with Crippen LogP contribution in [0.15, 0.2) is 67.0 Å². The Morgan fingerprint density at radius 3 is 2.39 bits per heavy atom. The molecule has 0 atom stereocenters. The van der Waals surface area contributed by atoms with Crippen LogP contribution in [0.4, 0.5) is 17.2 Å². The molecule has 0 fully saturated rings. The number of hydrogen-bond donors (Lipinski definition) is 2. The van der Waals surface area contributed by atoms with Crippen molar-refractivity contribution in [1.29, 1.82) is 0 Å². The van der Waals surface area contributed by atoms with E-state index in [1.807, 2.05) is 30.3 Å². The molecule has 0 aliphatic carbocycles. The van der Waals surface area contributed by atoms with Crippen LogP contribution in [0.3, 0.4) is 0 Å². The van der Waals surface area contributed by atoms with E-state index >= 15 is 0 Å². The molecule has 0 radical (unpaired) electrons. The average molecular weight is 325 g/mol. The summed E-state index contributed by atoms with van der Waals surface area (Å²) in [7, 11) is 0. The summed E-state index contributed by atoms with van der Waals surface area (Å²) in [6.07, 6.45) is 2.92. The molecule has 1 aromatic heterocycles. The van der Waals surface area contributed by atoms with Gasteiger partial charge in [-0.25, -0.2) is 9.97 Å². The molecule has 1 heterocycles. The Morgan fingerprint density at radius 2 is 1.70 bits per heavy atom. The number of benzene rings is 2. The van der Waals surface area contributed by atoms with Crippen molar-refractivity contribution in [3.8, 4) is 0 Å². The van der Waals surface area contributed by atoms with Crippen LogP contribution < -0.4 is 10.6 Å². The van der Waals surface area contributed by atoms with Gasteiger partial charge in [-0.15, -0.1) is 0 Å². The molecule has 114 valence electrons. The number of halogens is 1. The van der Waals surface area contributed by atoms with Gasteiger partial charge in [0.05, 0.1) is 12.4 Å². The van der Waals surface area contributed by atoms with Crippen LogP contribution in [-0.2, 0) is 0 Å². The van der Waals surface area contributed by atoms with Crippen molar-refractivity contribution in [2.24, 2.45) is 0 Å². The second-order valence-corrected chi connectivity index (χ2v) is 5.18. The molecule has 2 N–H and O–H groups in total. The molecule has 2 aromatic carbocycles. The Hall–Kier alpha value is -2.92. The van der Waals surface area contributed by atoms with E-state index in [0.29, 0.717) is 16.5 Å². The zero-order valence-electron chi connectivity index (χ0n) is 12.0. The van der Waals surface area contributed by atoms with Crippen LogP contribution in [0.1, 0.15) is 10.5 Å². The maximum atomic E-state index is 12.1. The highest BCUT2D eigenvalue weighted by atomic mass is 35.5. The van der Waals surface area contributed by atoms with E-state index < -0.39 is 0 Å². The van der Waals surface area contributed by atoms with E-state index in [9.17, 15) is 4.79 Å². The largest absolute Gasteiger partial charge is 0.339 e. The Bertz CT molecular complexity index is 806. The van der Waals surface area contributed by atoms with E-state index in [1.165, 1.54) is 12.4 Å². The van der Waals surface area contributed by atoms with Crippen LogP contribution in [-0.4, -0.2) is 15.9 Å². The lowest BCUT2D eigenvalue weighted by Crippen LogP contribution is -2.14. The maximum Gasteiger partial charge on any atom is 0.275 e. The number of hydrogen-bond acceptors (Lipinski definition) is 4. The van der Waals surface area contributed by atoms with Crippen molar-refractivity contribution in [2.45, 2.75) is 0 Å². The Kier molecular flexibility index (Phi) is 4.49. The predicted molar refractivity (Wildman–Crippen MR) is 91.2 cm³/mol. The summed E-state index contributed by atoms with van der Waals surface area (Å²) >= 11 is 5.93. The van der Waals surface area contributed by atoms with E-state index in [0.717, 1.165) is 5.69 Å². The lowest BCUT2D eigenvalue weighted by molar-refractivity contribution is 0.102. The van der Waals surface area contributed by atoms with Crippen molar-refractivity contribution in [3.05, 3.63) is 77.7 Å². The van der Waals surface area contributed by atoms with Crippen molar-refractivity contribution < 1.29 is 4.79 Å². The zero-order valence-corrected chi connectivity index (χ0v) is 12.8. The third-order valence-corrected chi connectivity index (χ3v) is 3.25. The van der Waals surface area contributed by atoms with Crippen LogP contribution >= 0.6 is 11.6 Å². The molecule has 0 saturated heterocycles. The van der Waals surface area contributed by atoms with Crippen LogP contribution in [0, 0.1) is 0 Å². The van der Waals surface area contributed by atoms with Gasteiger partial charge in [-0.1, -0.05) is 35.9 Å². The molecule has 23 heavy (non-hydrogen) atoms. The van der Waals surface area contributed by atoms with E-state index in [-0.39, 0.29) is 11.6 Å². The van der Waals surface area contributed by atoms with Gasteiger partial charge < -0.3 is 10.6 Å². The fourth-order valence-corrected chi connectivity index (χ4v) is 2.13. The van der Waals surface area contributed by atoms with Gasteiger partial charge in [-0.05, 0) is 30.3 Å². The first-order chi connectivity index (χ1) is 11.2. The first-order valence-corrected chi connectivity index (χ1v) is 7.29. The van der Waals surface area contributed by atoms with Gasteiger partial charge in [0, 0.05) is 16.4 Å². The zero-order chi connectivity index (χ0) is 16.1. The lowest BCUT2D eigenvalue weighted by atomic mass is 10.3. The molecule has 0 aliphatic rings. The summed E-state index contributed by atoms with van der Waals surface area (Å²) < 4.78 is 0. The summed E-state index contributed by atoms with van der Waals surface area (Å²) in [5.41, 5.74) is 1.75. The van der Waals surface area contributed by atoms with Crippen molar-refractivity contribution in [1.82, 2.24) is 9.97 Å². The first-order valence-electron chi connectivity index (χ1n) is 6.92. The molecule has 0 aliphatic heterocycles. The highest BCUT2D eigenvalue weighted by molar-refractivity contribution is 6.30. The molecule has 6 heteroatoms. The average Bonchev–Trinajstić information content (AvgIpc) is 2.56. The Labute approximate surface area is 138 Å². The van der Waals surface area contributed by atoms with Crippen LogP contribution in [0.5, 0.6) is 0 Å². The fraction of sp³-hybridized carbons (Fsp3) is 0. The van der Waals surface area contributed by atoms with Gasteiger partial charge in [-0.3, -0.25) is 4.79 Å². The molecule has 1 amide bonds. The molecule has 3 aromatic rings. The van der Waals surface area contributed by atoms with Gasteiger partial charge in [0.15, 0.2) is 0 Å². The summed E-state index contributed by atoms with van der Waals surface area (Å²) in [6, 6.07) is 16.4. The van der Waals surface area contributed by atoms with Crippen molar-refractivity contribution in [2.75, 3.05) is 10.6 Å². The highest BCUT2D eigenvalue weighted by Crippen LogP contribution is 2.18. The van der Waals surface area contributed by atoms with Gasteiger partial charge >= 0.3 is 0 Å². The summed E-state index contributed by atoms with van der Waals surface area (Å²) in [4.78, 5) is 20.4. The quantitative estimate of drug-likeness (QED) is 0.757. The molecule has 0 bridgehead atoms. The summed E-state index contributed by atoms with van der Waals surface area (Å²) in [5.74, 6) is 0.224. The second-order valence-electron chi connectivity index (χ2n) is 4.74. The number of anilines is 3. The SMILES string of the molecule is O=C(Nc1ccccc1)c1cnc(Nc2cccc(Cl)c2)cn1. The first kappa shape index (κ1) is 15.0. The number of para-hydroxylation sites is 1. The number of nitrogens with one attached hydrogen (secondary N) is 2. The Morgan fingerprint density at radius 1 is 0.913 bits per heavy atom. The summed E-state index contributed by atoms with van der Waals surface area (Å²) in [6.45, 7) is 0. The fourth-order valence-electron chi connectivity index (χ4n) is 1.94. The van der Waals surface area contributed by atoms with Gasteiger partial charge in [0.1, 0.15) is 11.5 Å². The van der Waals surface area contributed by atoms with Crippen LogP contribution in [0.25, 0.3) is 0 Å². The van der Waals surface area contributed by atoms with Gasteiger partial charge in [0.25, 0.3) is 5.91 Å². The van der Waals surface area contributed by atoms with E-state index in [1.54, 1.807) is 24.3 Å². The highest BCUT2D eigenvalue weighted by Gasteiger charge is 2.08. The standard InChI is InChI=1S/C17H13ClN4O/c18-12-5-4-8-14(9-12)21-16-11-19-15(10-20-16)17(23)22-13-6-2-1-3-7-13/h1-11H,(H,20,21)(H,22,23). The molecule has 0 saturated carbocycles.